The van der Waals surface area contributed by atoms with E-state index in [1.54, 1.807) is 10.6 Å². The predicted molar refractivity (Wildman–Crippen MR) is 52.0 cm³/mol. The lowest BCUT2D eigenvalue weighted by Crippen LogP contribution is -2.20. The van der Waals surface area contributed by atoms with Gasteiger partial charge in [0.1, 0.15) is 5.75 Å². The number of nitrogens with zero attached hydrogens (tertiary/aromatic N) is 1. The van der Waals surface area contributed by atoms with E-state index in [9.17, 15) is 4.79 Å². The van der Waals surface area contributed by atoms with E-state index >= 15 is 0 Å². The molecule has 3 heteroatoms. The molecule has 0 bridgehead atoms. The number of aromatic hydroxyl groups is 1. The molecule has 72 valence electrons. The molecule has 0 radical (unpaired) electrons. The molecule has 3 nitrogen and oxygen atoms in total. The van der Waals surface area contributed by atoms with Gasteiger partial charge in [0.2, 0.25) is 0 Å². The van der Waals surface area contributed by atoms with Gasteiger partial charge in [-0.15, -0.1) is 0 Å². The van der Waals surface area contributed by atoms with Gasteiger partial charge in [-0.25, -0.2) is 0 Å². The molecule has 0 aliphatic heterocycles. The minimum Gasteiger partial charge on any atom is -0.508 e. The zero-order chi connectivity index (χ0) is 9.84. The van der Waals surface area contributed by atoms with Gasteiger partial charge >= 0.3 is 0 Å². The quantitative estimate of drug-likeness (QED) is 0.770. The van der Waals surface area contributed by atoms with Crippen LogP contribution in [0.4, 0.5) is 0 Å². The fraction of sp³-hybridized carbons (Fsp3) is 0.500. The maximum absolute atomic E-state index is 11.4. The molecule has 0 saturated carbocycles. The van der Waals surface area contributed by atoms with E-state index in [0.29, 0.717) is 0 Å². The van der Waals surface area contributed by atoms with Crippen LogP contribution in [0.2, 0.25) is 0 Å². The first kappa shape index (κ1) is 9.84. The van der Waals surface area contributed by atoms with E-state index in [2.05, 4.69) is 6.92 Å². The highest BCUT2D eigenvalue weighted by Crippen LogP contribution is 2.07. The molecule has 1 heterocycles. The first-order valence-electron chi connectivity index (χ1n) is 4.55. The highest BCUT2D eigenvalue weighted by molar-refractivity contribution is 5.21. The standard InChI is InChI=1S/C10H15NO2/c1-3-4-5-11-8(2)6-9(12)7-10(11)13/h6-7,12H,3-5H2,1-2H3. The van der Waals surface area contributed by atoms with Crippen LogP contribution in [0.5, 0.6) is 5.75 Å². The Morgan fingerprint density at radius 2 is 2.15 bits per heavy atom. The highest BCUT2D eigenvalue weighted by atomic mass is 16.3. The zero-order valence-electron chi connectivity index (χ0n) is 8.08. The number of aryl methyl sites for hydroxylation is 1. The number of rotatable bonds is 3. The van der Waals surface area contributed by atoms with E-state index in [4.69, 9.17) is 5.11 Å². The first-order chi connectivity index (χ1) is 6.15. The SMILES string of the molecule is CCCCn1c(C)cc(O)cc1=O. The number of unbranched alkanes of at least 4 members (excludes halogenated alkanes) is 1. The van der Waals surface area contributed by atoms with E-state index < -0.39 is 0 Å². The summed E-state index contributed by atoms with van der Waals surface area (Å²) in [6.45, 7) is 4.65. The van der Waals surface area contributed by atoms with Gasteiger partial charge in [-0.05, 0) is 19.4 Å². The van der Waals surface area contributed by atoms with Crippen LogP contribution >= 0.6 is 0 Å². The van der Waals surface area contributed by atoms with Gasteiger partial charge in [-0.2, -0.15) is 0 Å². The third-order valence-corrected chi connectivity index (χ3v) is 2.06. The number of hydrogen-bond donors (Lipinski definition) is 1. The molecule has 1 rings (SSSR count). The van der Waals surface area contributed by atoms with Gasteiger partial charge in [-0.3, -0.25) is 4.79 Å². The van der Waals surface area contributed by atoms with Crippen LogP contribution in [0, 0.1) is 6.92 Å². The maximum atomic E-state index is 11.4. The average Bonchev–Trinajstić information content (AvgIpc) is 2.02. The van der Waals surface area contributed by atoms with Crippen molar-refractivity contribution < 1.29 is 5.11 Å². The molecule has 0 fully saturated rings. The Morgan fingerprint density at radius 3 is 2.69 bits per heavy atom. The summed E-state index contributed by atoms with van der Waals surface area (Å²) in [6.07, 6.45) is 2.05. The molecule has 0 unspecified atom stereocenters. The van der Waals surface area contributed by atoms with Gasteiger partial charge in [0.05, 0.1) is 0 Å². The van der Waals surface area contributed by atoms with Crippen molar-refractivity contribution in [3.63, 3.8) is 0 Å². The summed E-state index contributed by atoms with van der Waals surface area (Å²) >= 11 is 0. The maximum Gasteiger partial charge on any atom is 0.254 e. The van der Waals surface area contributed by atoms with Crippen molar-refractivity contribution in [3.8, 4) is 5.75 Å². The zero-order valence-corrected chi connectivity index (χ0v) is 8.08. The second-order valence-electron chi connectivity index (χ2n) is 3.20. The van der Waals surface area contributed by atoms with E-state index in [1.807, 2.05) is 6.92 Å². The minimum absolute atomic E-state index is 0.0512. The van der Waals surface area contributed by atoms with Gasteiger partial charge in [-0.1, -0.05) is 13.3 Å². The fourth-order valence-corrected chi connectivity index (χ4v) is 1.31. The van der Waals surface area contributed by atoms with Crippen LogP contribution in [0.1, 0.15) is 25.5 Å². The molecular weight excluding hydrogens is 166 g/mol. The lowest BCUT2D eigenvalue weighted by molar-refractivity contribution is 0.468. The Balaban J connectivity index is 2.99. The lowest BCUT2D eigenvalue weighted by atomic mass is 10.3. The molecule has 1 N–H and O–H groups in total. The van der Waals surface area contributed by atoms with Gasteiger partial charge < -0.3 is 9.67 Å². The molecule has 0 amide bonds. The molecule has 0 spiro atoms. The summed E-state index contributed by atoms with van der Waals surface area (Å²) in [5, 5.41) is 9.13. The van der Waals surface area contributed by atoms with E-state index in [-0.39, 0.29) is 11.3 Å². The summed E-state index contributed by atoms with van der Waals surface area (Å²) in [5.41, 5.74) is 0.699. The van der Waals surface area contributed by atoms with Crippen molar-refractivity contribution in [2.24, 2.45) is 0 Å². The Kier molecular flexibility index (Phi) is 3.12. The van der Waals surface area contributed by atoms with Crippen molar-refractivity contribution >= 4 is 0 Å². The predicted octanol–water partition coefficient (Wildman–Crippen LogP) is 1.66. The van der Waals surface area contributed by atoms with E-state index in [0.717, 1.165) is 25.1 Å². The van der Waals surface area contributed by atoms with Crippen LogP contribution in [0.3, 0.4) is 0 Å². The molecule has 13 heavy (non-hydrogen) atoms. The topological polar surface area (TPSA) is 42.2 Å². The molecule has 0 atom stereocenters. The number of hydrogen-bond acceptors (Lipinski definition) is 2. The number of aromatic nitrogens is 1. The Labute approximate surface area is 77.6 Å². The van der Waals surface area contributed by atoms with Gasteiger partial charge in [0.15, 0.2) is 0 Å². The molecule has 1 aromatic rings. The first-order valence-corrected chi connectivity index (χ1v) is 4.55. The Bertz CT molecular complexity index is 341. The molecule has 1 aromatic heterocycles. The Morgan fingerprint density at radius 1 is 1.46 bits per heavy atom. The second-order valence-corrected chi connectivity index (χ2v) is 3.20. The van der Waals surface area contributed by atoms with Crippen LogP contribution in [0.15, 0.2) is 16.9 Å². The van der Waals surface area contributed by atoms with E-state index in [1.165, 1.54) is 6.07 Å². The van der Waals surface area contributed by atoms with Crippen molar-refractivity contribution in [3.05, 3.63) is 28.2 Å². The molecule has 0 aliphatic carbocycles. The fourth-order valence-electron chi connectivity index (χ4n) is 1.31. The van der Waals surface area contributed by atoms with Crippen molar-refractivity contribution in [1.29, 1.82) is 0 Å². The Hall–Kier alpha value is -1.25. The summed E-state index contributed by atoms with van der Waals surface area (Å²) in [7, 11) is 0. The van der Waals surface area contributed by atoms with Crippen LogP contribution < -0.4 is 5.56 Å². The third-order valence-electron chi connectivity index (χ3n) is 2.06. The molecule has 0 aliphatic rings. The van der Waals surface area contributed by atoms with Crippen LogP contribution in [-0.2, 0) is 6.54 Å². The summed E-state index contributed by atoms with van der Waals surface area (Å²) in [4.78, 5) is 11.4. The second kappa shape index (κ2) is 4.12. The van der Waals surface area contributed by atoms with Crippen molar-refractivity contribution in [1.82, 2.24) is 4.57 Å². The summed E-state index contributed by atoms with van der Waals surface area (Å²) < 4.78 is 1.68. The van der Waals surface area contributed by atoms with Crippen LogP contribution in [-0.4, -0.2) is 9.67 Å². The molecule has 0 saturated heterocycles. The smallest absolute Gasteiger partial charge is 0.254 e. The largest absolute Gasteiger partial charge is 0.508 e. The molecular formula is C10H15NO2. The minimum atomic E-state index is -0.119. The third kappa shape index (κ3) is 2.34. The van der Waals surface area contributed by atoms with Crippen LogP contribution in [0.25, 0.3) is 0 Å². The summed E-state index contributed by atoms with van der Waals surface area (Å²) in [6, 6.07) is 2.86. The van der Waals surface area contributed by atoms with Crippen molar-refractivity contribution in [2.75, 3.05) is 0 Å². The van der Waals surface area contributed by atoms with Gasteiger partial charge in [0, 0.05) is 18.3 Å². The van der Waals surface area contributed by atoms with Crippen molar-refractivity contribution in [2.45, 2.75) is 33.2 Å². The average molecular weight is 181 g/mol. The monoisotopic (exact) mass is 181 g/mol. The summed E-state index contributed by atoms with van der Waals surface area (Å²) in [5.74, 6) is 0.0512. The normalized spacial score (nSPS) is 10.3. The van der Waals surface area contributed by atoms with Gasteiger partial charge in [0.25, 0.3) is 5.56 Å². The molecule has 0 aromatic carbocycles. The lowest BCUT2D eigenvalue weighted by Gasteiger charge is -2.08. The highest BCUT2D eigenvalue weighted by Gasteiger charge is 2.01. The number of pyridine rings is 1.